The first-order chi connectivity index (χ1) is 40.5. The van der Waals surface area contributed by atoms with Gasteiger partial charge in [-0.25, -0.2) is 9.97 Å². The quantitative estimate of drug-likeness (QED) is 0.121. The van der Waals surface area contributed by atoms with Gasteiger partial charge in [0, 0.05) is 61.7 Å². The summed E-state index contributed by atoms with van der Waals surface area (Å²) in [6.07, 6.45) is 0. The van der Waals surface area contributed by atoms with E-state index in [1.165, 1.54) is 0 Å². The van der Waals surface area contributed by atoms with Crippen LogP contribution in [0.25, 0.3) is 106 Å². The Labute approximate surface area is 474 Å². The fraction of sp³-hybridized carbons (Fsp3) is 0.0133. The first-order valence-electron chi connectivity index (χ1n) is 27.6. The second kappa shape index (κ2) is 20.3. The maximum atomic E-state index is 6.46. The number of fused-ring (bicyclic) bond motifs is 5. The molecule has 3 heterocycles. The van der Waals surface area contributed by atoms with Crippen LogP contribution in [0.4, 0.5) is 34.1 Å². The Bertz CT molecular complexity index is 4430. The van der Waals surface area contributed by atoms with Crippen LogP contribution in [0.3, 0.4) is 0 Å². The number of rotatable bonds is 12. The number of oxazole rings is 2. The average molecular weight is 1050 g/mol. The first kappa shape index (κ1) is 48.1. The summed E-state index contributed by atoms with van der Waals surface area (Å²) in [7, 11) is 0. The predicted octanol–water partition coefficient (Wildman–Crippen LogP) is 20.6. The van der Waals surface area contributed by atoms with E-state index < -0.39 is 0 Å². The van der Waals surface area contributed by atoms with Crippen LogP contribution in [0, 0.1) is 6.92 Å². The van der Waals surface area contributed by atoms with Gasteiger partial charge in [-0.3, -0.25) is 0 Å². The van der Waals surface area contributed by atoms with Crippen LogP contribution in [0.5, 0.6) is 0 Å². The lowest BCUT2D eigenvalue weighted by Crippen LogP contribution is -2.09. The summed E-state index contributed by atoms with van der Waals surface area (Å²) in [6, 6.07) is 103. The van der Waals surface area contributed by atoms with Crippen LogP contribution < -0.4 is 9.80 Å². The Hall–Kier alpha value is -11.0. The Morgan fingerprint density at radius 1 is 0.305 bits per heavy atom. The lowest BCUT2D eigenvalue weighted by molar-refractivity contribution is 0.619. The summed E-state index contributed by atoms with van der Waals surface area (Å²) >= 11 is 0. The number of nitrogens with zero attached hydrogens (tertiary/aromatic N) is 5. The zero-order valence-corrected chi connectivity index (χ0v) is 44.8. The second-order valence-corrected chi connectivity index (χ2v) is 20.6. The van der Waals surface area contributed by atoms with Crippen LogP contribution in [0.15, 0.2) is 300 Å². The molecule has 0 atom stereocenters. The summed E-state index contributed by atoms with van der Waals surface area (Å²) in [4.78, 5) is 14.4. The van der Waals surface area contributed by atoms with Crippen molar-refractivity contribution in [2.45, 2.75) is 6.92 Å². The Balaban J connectivity index is 0.883. The van der Waals surface area contributed by atoms with Crippen molar-refractivity contribution in [3.05, 3.63) is 297 Å². The van der Waals surface area contributed by atoms with Crippen molar-refractivity contribution in [2.24, 2.45) is 0 Å². The lowest BCUT2D eigenvalue weighted by Gasteiger charge is -2.26. The molecule has 15 aromatic rings. The number of benzene rings is 12. The van der Waals surface area contributed by atoms with E-state index in [0.29, 0.717) is 11.8 Å². The highest BCUT2D eigenvalue weighted by Gasteiger charge is 2.22. The molecular weight excluding hydrogens is 1000 g/mol. The summed E-state index contributed by atoms with van der Waals surface area (Å²) in [5, 5.41) is 2.28. The third-order valence-electron chi connectivity index (χ3n) is 15.6. The van der Waals surface area contributed by atoms with Crippen LogP contribution in [0.2, 0.25) is 0 Å². The van der Waals surface area contributed by atoms with Crippen molar-refractivity contribution in [3.63, 3.8) is 0 Å². The van der Waals surface area contributed by atoms with E-state index in [2.05, 4.69) is 252 Å². The molecule has 0 N–H and O–H groups in total. The molecule has 388 valence electrons. The zero-order chi connectivity index (χ0) is 54.5. The normalized spacial score (nSPS) is 11.5. The van der Waals surface area contributed by atoms with Crippen molar-refractivity contribution in [2.75, 3.05) is 9.80 Å². The highest BCUT2D eigenvalue weighted by molar-refractivity contribution is 6.12. The molecule has 3 aromatic heterocycles. The highest BCUT2D eigenvalue weighted by Crippen LogP contribution is 2.45. The number of para-hydroxylation sites is 4. The fourth-order valence-corrected chi connectivity index (χ4v) is 11.6. The molecule has 0 spiro atoms. The maximum Gasteiger partial charge on any atom is 0.227 e. The largest absolute Gasteiger partial charge is 0.436 e. The summed E-state index contributed by atoms with van der Waals surface area (Å²) < 4.78 is 15.3. The minimum absolute atomic E-state index is 0.598. The third-order valence-corrected chi connectivity index (χ3v) is 15.6. The standard InChI is InChI=1S/C75H51N5O2/c1-50-64(54-34-40-68-72(46-54)81-74(76-68)52-20-8-2-9-21-52)44-56(45-65(50)55-35-41-69-73(47-55)82-75(77-69)53-22-10-3-11-23-53)51-32-36-61(37-33-51)80-70-42-38-62(78(57-24-12-4-13-25-57)58-26-14-5-15-27-58)48-66(70)67-49-63(39-43-71(67)80)79(59-28-16-6-17-29-59)60-30-18-7-19-31-60/h2-49H,1H3. The maximum absolute atomic E-state index is 6.46. The number of anilines is 6. The van der Waals surface area contributed by atoms with Gasteiger partial charge in [-0.05, 0) is 204 Å². The van der Waals surface area contributed by atoms with Gasteiger partial charge in [0.2, 0.25) is 11.8 Å². The van der Waals surface area contributed by atoms with Gasteiger partial charge in [0.25, 0.3) is 0 Å². The number of hydrogen-bond acceptors (Lipinski definition) is 6. The fourth-order valence-electron chi connectivity index (χ4n) is 11.6. The van der Waals surface area contributed by atoms with Crippen molar-refractivity contribution in [1.29, 1.82) is 0 Å². The SMILES string of the molecule is Cc1c(-c2ccc3nc(-c4ccccc4)oc3c2)cc(-c2ccc(-n3c4ccc(N(c5ccccc5)c5ccccc5)cc4c4cc(N(c5ccccc5)c5ccccc5)ccc43)cc2)cc1-c1ccc2nc(-c3ccccc3)oc2c1. The molecule has 7 nitrogen and oxygen atoms in total. The Morgan fingerprint density at radius 3 is 1.06 bits per heavy atom. The monoisotopic (exact) mass is 1050 g/mol. The molecule has 0 amide bonds. The lowest BCUT2D eigenvalue weighted by atomic mass is 9.88. The van der Waals surface area contributed by atoms with Crippen molar-refractivity contribution >= 4 is 78.1 Å². The predicted molar refractivity (Wildman–Crippen MR) is 337 cm³/mol. The van der Waals surface area contributed by atoms with Gasteiger partial charge in [0.05, 0.1) is 11.0 Å². The van der Waals surface area contributed by atoms with E-state index in [0.717, 1.165) is 134 Å². The van der Waals surface area contributed by atoms with Crippen LogP contribution in [-0.4, -0.2) is 14.5 Å². The molecule has 0 saturated carbocycles. The first-order valence-corrected chi connectivity index (χ1v) is 27.6. The van der Waals surface area contributed by atoms with Crippen LogP contribution >= 0.6 is 0 Å². The van der Waals surface area contributed by atoms with E-state index >= 15 is 0 Å². The molecule has 0 aliphatic heterocycles. The molecular formula is C75H51N5O2. The molecule has 0 fully saturated rings. The molecule has 0 radical (unpaired) electrons. The number of hydrogen-bond donors (Lipinski definition) is 0. The van der Waals surface area contributed by atoms with Gasteiger partial charge in [0.1, 0.15) is 11.0 Å². The van der Waals surface area contributed by atoms with Gasteiger partial charge < -0.3 is 23.2 Å². The Morgan fingerprint density at radius 2 is 0.671 bits per heavy atom. The van der Waals surface area contributed by atoms with Gasteiger partial charge in [-0.15, -0.1) is 0 Å². The van der Waals surface area contributed by atoms with Gasteiger partial charge in [0.15, 0.2) is 11.2 Å². The molecule has 12 aromatic carbocycles. The molecule has 0 unspecified atom stereocenters. The van der Waals surface area contributed by atoms with E-state index in [4.69, 9.17) is 18.8 Å². The van der Waals surface area contributed by atoms with E-state index in [9.17, 15) is 0 Å². The highest BCUT2D eigenvalue weighted by atomic mass is 16.4. The third kappa shape index (κ3) is 8.74. The van der Waals surface area contributed by atoms with Gasteiger partial charge in [-0.2, -0.15) is 0 Å². The van der Waals surface area contributed by atoms with Gasteiger partial charge in [-0.1, -0.05) is 133 Å². The second-order valence-electron chi connectivity index (χ2n) is 20.6. The number of aromatic nitrogens is 3. The molecule has 15 rings (SSSR count). The topological polar surface area (TPSA) is 63.5 Å². The van der Waals surface area contributed by atoms with E-state index in [-0.39, 0.29) is 0 Å². The molecule has 0 bridgehead atoms. The summed E-state index contributed by atoms with van der Waals surface area (Å²) in [6.45, 7) is 2.20. The molecule has 0 saturated heterocycles. The van der Waals surface area contributed by atoms with Crippen molar-refractivity contribution in [3.8, 4) is 62.0 Å². The average Bonchev–Trinajstić information content (AvgIpc) is 4.47. The van der Waals surface area contributed by atoms with Crippen molar-refractivity contribution in [1.82, 2.24) is 14.5 Å². The molecule has 82 heavy (non-hydrogen) atoms. The van der Waals surface area contributed by atoms with E-state index in [1.807, 2.05) is 60.7 Å². The zero-order valence-electron chi connectivity index (χ0n) is 44.8. The van der Waals surface area contributed by atoms with Crippen LogP contribution in [-0.2, 0) is 0 Å². The molecule has 0 aliphatic carbocycles. The van der Waals surface area contributed by atoms with Gasteiger partial charge >= 0.3 is 0 Å². The van der Waals surface area contributed by atoms with Crippen molar-refractivity contribution < 1.29 is 8.83 Å². The molecule has 7 heteroatoms. The smallest absolute Gasteiger partial charge is 0.227 e. The van der Waals surface area contributed by atoms with E-state index in [1.54, 1.807) is 0 Å². The summed E-state index contributed by atoms with van der Waals surface area (Å²) in [5.74, 6) is 1.20. The van der Waals surface area contributed by atoms with Crippen LogP contribution in [0.1, 0.15) is 5.56 Å². The minimum atomic E-state index is 0.598. The minimum Gasteiger partial charge on any atom is -0.436 e. The Kier molecular flexibility index (Phi) is 11.9. The molecule has 0 aliphatic rings. The summed E-state index contributed by atoms with van der Waals surface area (Å²) in [5.41, 5.74) is 22.2.